The fraction of sp³-hybridized carbons (Fsp3) is 0.625. The number of nitrogens with one attached hydrogen (secondary N) is 1. The molecule has 0 radical (unpaired) electrons. The second kappa shape index (κ2) is 6.90. The Morgan fingerprint density at radius 3 is 2.95 bits per heavy atom. The van der Waals surface area contributed by atoms with E-state index in [0.29, 0.717) is 12.0 Å². The molecule has 0 saturated carbocycles. The monoisotopic (exact) mass is 290 g/mol. The Kier molecular flexibility index (Phi) is 5.19. The number of unbranched alkanes of at least 4 members (excludes halogenated alkanes) is 1. The van der Waals surface area contributed by atoms with E-state index < -0.39 is 0 Å². The molecule has 0 aromatic carbocycles. The van der Waals surface area contributed by atoms with Crippen LogP contribution in [0.3, 0.4) is 0 Å². The minimum atomic E-state index is 0.0361. The first-order valence-electron chi connectivity index (χ1n) is 7.54. The Hall–Kier alpha value is -1.34. The van der Waals surface area contributed by atoms with Gasteiger partial charge in [-0.15, -0.1) is 11.3 Å². The molecule has 1 aliphatic rings. The van der Waals surface area contributed by atoms with E-state index in [1.165, 1.54) is 16.9 Å². The lowest BCUT2D eigenvalue weighted by atomic mass is 9.86. The van der Waals surface area contributed by atoms with E-state index in [2.05, 4.69) is 25.2 Å². The summed E-state index contributed by atoms with van der Waals surface area (Å²) in [7, 11) is 0. The number of carbonyl (C=O) groups is 1. The summed E-state index contributed by atoms with van der Waals surface area (Å²) in [5.74, 6) is 0.769. The van der Waals surface area contributed by atoms with Crippen molar-refractivity contribution in [3.05, 3.63) is 16.0 Å². The minimum absolute atomic E-state index is 0.0361. The summed E-state index contributed by atoms with van der Waals surface area (Å²) in [6.45, 7) is 4.30. The highest BCUT2D eigenvalue weighted by Crippen LogP contribution is 2.40. The van der Waals surface area contributed by atoms with Crippen molar-refractivity contribution in [2.45, 2.75) is 58.8 Å². The van der Waals surface area contributed by atoms with Crippen LogP contribution in [0.15, 0.2) is 0 Å². The van der Waals surface area contributed by atoms with E-state index in [9.17, 15) is 10.1 Å². The highest BCUT2D eigenvalue weighted by Gasteiger charge is 2.25. The summed E-state index contributed by atoms with van der Waals surface area (Å²) in [4.78, 5) is 13.2. The van der Waals surface area contributed by atoms with Gasteiger partial charge in [-0.3, -0.25) is 4.79 Å². The average molecular weight is 290 g/mol. The van der Waals surface area contributed by atoms with E-state index >= 15 is 0 Å². The molecule has 2 rings (SSSR count). The molecule has 1 amide bonds. The van der Waals surface area contributed by atoms with Crippen LogP contribution in [-0.2, 0) is 17.6 Å². The number of amides is 1. The molecule has 0 bridgehead atoms. The first-order chi connectivity index (χ1) is 9.69. The van der Waals surface area contributed by atoms with Gasteiger partial charge in [0.2, 0.25) is 5.91 Å². The zero-order valence-electron chi connectivity index (χ0n) is 12.3. The van der Waals surface area contributed by atoms with Gasteiger partial charge in [-0.05, 0) is 37.2 Å². The van der Waals surface area contributed by atoms with E-state index in [-0.39, 0.29) is 5.91 Å². The van der Waals surface area contributed by atoms with Crippen molar-refractivity contribution in [3.63, 3.8) is 0 Å². The average Bonchev–Trinajstić information content (AvgIpc) is 2.80. The van der Waals surface area contributed by atoms with Crippen molar-refractivity contribution in [2.24, 2.45) is 5.92 Å². The number of fused-ring (bicyclic) bond motifs is 1. The Labute approximate surface area is 125 Å². The smallest absolute Gasteiger partial charge is 0.225 e. The lowest BCUT2D eigenvalue weighted by molar-refractivity contribution is -0.116. The Morgan fingerprint density at radius 2 is 2.30 bits per heavy atom. The Morgan fingerprint density at radius 1 is 1.50 bits per heavy atom. The van der Waals surface area contributed by atoms with Crippen LogP contribution in [0.4, 0.5) is 5.00 Å². The number of anilines is 1. The molecule has 108 valence electrons. The lowest BCUT2D eigenvalue weighted by Crippen LogP contribution is -2.12. The Bertz CT molecular complexity index is 527. The Balaban J connectivity index is 2.16. The number of nitriles is 1. The molecule has 20 heavy (non-hydrogen) atoms. The quantitative estimate of drug-likeness (QED) is 0.880. The molecular formula is C16H22N2OS. The highest BCUT2D eigenvalue weighted by molar-refractivity contribution is 7.16. The topological polar surface area (TPSA) is 52.9 Å². The van der Waals surface area contributed by atoms with Crippen molar-refractivity contribution >= 4 is 22.2 Å². The molecular weight excluding hydrogens is 268 g/mol. The number of hydrogen-bond donors (Lipinski definition) is 1. The largest absolute Gasteiger partial charge is 0.317 e. The van der Waals surface area contributed by atoms with Crippen LogP contribution in [0.1, 0.15) is 62.0 Å². The van der Waals surface area contributed by atoms with Crippen LogP contribution in [0.5, 0.6) is 0 Å². The van der Waals surface area contributed by atoms with Crippen LogP contribution in [-0.4, -0.2) is 5.91 Å². The maximum Gasteiger partial charge on any atom is 0.225 e. The summed E-state index contributed by atoms with van der Waals surface area (Å²) in [6.07, 6.45) is 6.86. The third-order valence-electron chi connectivity index (χ3n) is 4.07. The van der Waals surface area contributed by atoms with Crippen molar-refractivity contribution < 1.29 is 4.79 Å². The maximum absolute atomic E-state index is 11.9. The van der Waals surface area contributed by atoms with Gasteiger partial charge in [0.25, 0.3) is 0 Å². The zero-order valence-corrected chi connectivity index (χ0v) is 13.1. The molecule has 0 spiro atoms. The third kappa shape index (κ3) is 3.21. The zero-order chi connectivity index (χ0) is 14.5. The minimum Gasteiger partial charge on any atom is -0.317 e. The fourth-order valence-corrected chi connectivity index (χ4v) is 4.06. The second-order valence-electron chi connectivity index (χ2n) is 5.49. The third-order valence-corrected chi connectivity index (χ3v) is 5.24. The van der Waals surface area contributed by atoms with Gasteiger partial charge in [0.1, 0.15) is 11.1 Å². The van der Waals surface area contributed by atoms with Crippen molar-refractivity contribution in [1.82, 2.24) is 0 Å². The van der Waals surface area contributed by atoms with Gasteiger partial charge in [-0.1, -0.05) is 26.7 Å². The second-order valence-corrected chi connectivity index (χ2v) is 6.59. The van der Waals surface area contributed by atoms with Gasteiger partial charge in [0, 0.05) is 11.3 Å². The van der Waals surface area contributed by atoms with E-state index in [0.717, 1.165) is 43.0 Å². The number of carbonyl (C=O) groups excluding carboxylic acids is 1. The number of hydrogen-bond acceptors (Lipinski definition) is 3. The van der Waals surface area contributed by atoms with Crippen molar-refractivity contribution in [2.75, 3.05) is 5.32 Å². The van der Waals surface area contributed by atoms with Crippen LogP contribution in [0.25, 0.3) is 0 Å². The number of nitrogens with zero attached hydrogens (tertiary/aromatic N) is 1. The SMILES string of the molecule is CCCCC(=O)Nc1sc2c(c1C#N)CCC(CC)C2. The fourth-order valence-electron chi connectivity index (χ4n) is 2.74. The lowest BCUT2D eigenvalue weighted by Gasteiger charge is -2.20. The van der Waals surface area contributed by atoms with Crippen LogP contribution in [0, 0.1) is 17.2 Å². The molecule has 1 aromatic rings. The summed E-state index contributed by atoms with van der Waals surface area (Å²) in [5, 5.41) is 13.1. The van der Waals surface area contributed by atoms with E-state index in [4.69, 9.17) is 0 Å². The number of thiophene rings is 1. The molecule has 1 aromatic heterocycles. The molecule has 0 aliphatic heterocycles. The van der Waals surface area contributed by atoms with Gasteiger partial charge in [-0.2, -0.15) is 5.26 Å². The summed E-state index contributed by atoms with van der Waals surface area (Å²) < 4.78 is 0. The molecule has 1 N–H and O–H groups in total. The molecule has 1 atom stereocenters. The van der Waals surface area contributed by atoms with Crippen molar-refractivity contribution in [3.8, 4) is 6.07 Å². The first kappa shape index (κ1) is 15.1. The van der Waals surface area contributed by atoms with Crippen LogP contribution >= 0.6 is 11.3 Å². The maximum atomic E-state index is 11.9. The predicted octanol–water partition coefficient (Wildman–Crippen LogP) is 4.26. The van der Waals surface area contributed by atoms with Crippen LogP contribution in [0.2, 0.25) is 0 Å². The predicted molar refractivity (Wildman–Crippen MR) is 83.0 cm³/mol. The standard InChI is InChI=1S/C16H22N2OS/c1-3-5-6-15(19)18-16-13(10-17)12-8-7-11(4-2)9-14(12)20-16/h11H,3-9H2,1-2H3,(H,18,19). The molecule has 1 unspecified atom stereocenters. The van der Waals surface area contributed by atoms with Crippen molar-refractivity contribution in [1.29, 1.82) is 5.26 Å². The van der Waals surface area contributed by atoms with Gasteiger partial charge in [0.15, 0.2) is 0 Å². The summed E-state index contributed by atoms with van der Waals surface area (Å²) in [6, 6.07) is 2.29. The van der Waals surface area contributed by atoms with Gasteiger partial charge in [0.05, 0.1) is 5.56 Å². The highest BCUT2D eigenvalue weighted by atomic mass is 32.1. The molecule has 3 nitrogen and oxygen atoms in total. The molecule has 0 saturated heterocycles. The summed E-state index contributed by atoms with van der Waals surface area (Å²) >= 11 is 1.61. The van der Waals surface area contributed by atoms with E-state index in [1.807, 2.05) is 0 Å². The van der Waals surface area contributed by atoms with E-state index in [1.54, 1.807) is 11.3 Å². The van der Waals surface area contributed by atoms with Gasteiger partial charge in [-0.25, -0.2) is 0 Å². The van der Waals surface area contributed by atoms with Gasteiger partial charge < -0.3 is 5.32 Å². The van der Waals surface area contributed by atoms with Crippen LogP contribution < -0.4 is 5.32 Å². The number of rotatable bonds is 5. The normalized spacial score (nSPS) is 17.4. The van der Waals surface area contributed by atoms with Gasteiger partial charge >= 0.3 is 0 Å². The summed E-state index contributed by atoms with van der Waals surface area (Å²) in [5.41, 5.74) is 1.90. The first-order valence-corrected chi connectivity index (χ1v) is 8.35. The molecule has 4 heteroatoms. The molecule has 0 fully saturated rings. The molecule has 1 heterocycles. The molecule has 1 aliphatic carbocycles.